The Morgan fingerprint density at radius 3 is 2.71 bits per heavy atom. The monoisotopic (exact) mass is 301 g/mol. The molecule has 1 N–H and O–H groups in total. The Hall–Kier alpha value is -0.860. The molecule has 0 aliphatic heterocycles. The summed E-state index contributed by atoms with van der Waals surface area (Å²) in [5.41, 5.74) is 2.18. The number of hydrogen-bond acceptors (Lipinski definition) is 2. The molecular formula is C19H27NS. The minimum Gasteiger partial charge on any atom is -0.320 e. The third-order valence-corrected chi connectivity index (χ3v) is 6.32. The fourth-order valence-electron chi connectivity index (χ4n) is 3.94. The van der Waals surface area contributed by atoms with Crippen LogP contribution in [0.4, 0.5) is 0 Å². The highest BCUT2D eigenvalue weighted by molar-refractivity contribution is 7.17. The lowest BCUT2D eigenvalue weighted by atomic mass is 9.68. The van der Waals surface area contributed by atoms with Crippen LogP contribution in [0, 0.1) is 5.41 Å². The summed E-state index contributed by atoms with van der Waals surface area (Å²) in [6, 6.07) is 8.87. The Bertz CT molecular complexity index is 566. The molecular weight excluding hydrogens is 274 g/mol. The van der Waals surface area contributed by atoms with Gasteiger partial charge in [0.15, 0.2) is 0 Å². The van der Waals surface area contributed by atoms with Gasteiger partial charge >= 0.3 is 0 Å². The third-order valence-electron chi connectivity index (χ3n) is 5.31. The van der Waals surface area contributed by atoms with Gasteiger partial charge in [-0.2, -0.15) is 0 Å². The van der Waals surface area contributed by atoms with Gasteiger partial charge in [0.1, 0.15) is 0 Å². The SMILES string of the molecule is CNCCC1(CCc2csc3ccccc23)CCCCC1. The summed E-state index contributed by atoms with van der Waals surface area (Å²) in [5, 5.41) is 7.24. The average molecular weight is 301 g/mol. The minimum absolute atomic E-state index is 0.601. The molecule has 2 heteroatoms. The van der Waals surface area contributed by atoms with Crippen LogP contribution < -0.4 is 5.32 Å². The summed E-state index contributed by atoms with van der Waals surface area (Å²) < 4.78 is 1.44. The molecule has 114 valence electrons. The second-order valence-electron chi connectivity index (χ2n) is 6.67. The van der Waals surface area contributed by atoms with E-state index in [2.05, 4.69) is 42.0 Å². The van der Waals surface area contributed by atoms with E-state index in [9.17, 15) is 0 Å². The molecule has 1 aromatic carbocycles. The van der Waals surface area contributed by atoms with Gasteiger partial charge in [0, 0.05) is 4.70 Å². The number of benzene rings is 1. The van der Waals surface area contributed by atoms with Crippen molar-refractivity contribution in [3.05, 3.63) is 35.2 Å². The van der Waals surface area contributed by atoms with E-state index in [1.165, 1.54) is 68.0 Å². The van der Waals surface area contributed by atoms with E-state index in [0.717, 1.165) is 0 Å². The topological polar surface area (TPSA) is 12.0 Å². The number of fused-ring (bicyclic) bond motifs is 1. The first kappa shape index (κ1) is 15.1. The highest BCUT2D eigenvalue weighted by Crippen LogP contribution is 2.43. The second-order valence-corrected chi connectivity index (χ2v) is 7.58. The number of hydrogen-bond donors (Lipinski definition) is 1. The van der Waals surface area contributed by atoms with E-state index < -0.39 is 0 Å². The number of rotatable bonds is 6. The Labute approximate surface area is 132 Å². The van der Waals surface area contributed by atoms with Gasteiger partial charge < -0.3 is 5.32 Å². The smallest absolute Gasteiger partial charge is 0.0345 e. The zero-order valence-electron chi connectivity index (χ0n) is 13.2. The molecule has 1 fully saturated rings. The highest BCUT2D eigenvalue weighted by atomic mass is 32.1. The van der Waals surface area contributed by atoms with E-state index in [-0.39, 0.29) is 0 Å². The lowest BCUT2D eigenvalue weighted by Crippen LogP contribution is -2.28. The normalized spacial score (nSPS) is 18.1. The fraction of sp³-hybridized carbons (Fsp3) is 0.579. The van der Waals surface area contributed by atoms with E-state index in [1.807, 2.05) is 11.3 Å². The predicted octanol–water partition coefficient (Wildman–Crippen LogP) is 5.39. The Balaban J connectivity index is 1.71. The van der Waals surface area contributed by atoms with Crippen molar-refractivity contribution in [3.8, 4) is 0 Å². The lowest BCUT2D eigenvalue weighted by Gasteiger charge is -2.37. The van der Waals surface area contributed by atoms with Gasteiger partial charge in [0.05, 0.1) is 0 Å². The molecule has 1 saturated carbocycles. The summed E-state index contributed by atoms with van der Waals surface area (Å²) in [6.45, 7) is 1.17. The van der Waals surface area contributed by atoms with E-state index in [1.54, 1.807) is 5.56 Å². The van der Waals surface area contributed by atoms with Crippen molar-refractivity contribution >= 4 is 21.4 Å². The molecule has 0 atom stereocenters. The minimum atomic E-state index is 0.601. The van der Waals surface area contributed by atoms with Gasteiger partial charge in [-0.15, -0.1) is 11.3 Å². The molecule has 21 heavy (non-hydrogen) atoms. The van der Waals surface area contributed by atoms with Crippen molar-refractivity contribution in [3.63, 3.8) is 0 Å². The van der Waals surface area contributed by atoms with Crippen LogP contribution in [0.15, 0.2) is 29.6 Å². The molecule has 1 nitrogen and oxygen atoms in total. The van der Waals surface area contributed by atoms with Crippen LogP contribution >= 0.6 is 11.3 Å². The van der Waals surface area contributed by atoms with Crippen molar-refractivity contribution in [2.24, 2.45) is 5.41 Å². The van der Waals surface area contributed by atoms with Gasteiger partial charge in [-0.3, -0.25) is 0 Å². The van der Waals surface area contributed by atoms with Crippen molar-refractivity contribution in [2.45, 2.75) is 51.4 Å². The molecule has 2 aromatic rings. The van der Waals surface area contributed by atoms with Crippen molar-refractivity contribution in [1.82, 2.24) is 5.32 Å². The maximum absolute atomic E-state index is 3.36. The molecule has 0 amide bonds. The first-order chi connectivity index (χ1) is 10.3. The molecule has 3 rings (SSSR count). The van der Waals surface area contributed by atoms with E-state index in [4.69, 9.17) is 0 Å². The summed E-state index contributed by atoms with van der Waals surface area (Å²) in [7, 11) is 2.09. The van der Waals surface area contributed by atoms with E-state index >= 15 is 0 Å². The fourth-order valence-corrected chi connectivity index (χ4v) is 4.94. The van der Waals surface area contributed by atoms with Crippen molar-refractivity contribution in [1.29, 1.82) is 0 Å². The number of aryl methyl sites for hydroxylation is 1. The van der Waals surface area contributed by atoms with Crippen LogP contribution in [-0.2, 0) is 6.42 Å². The number of nitrogens with one attached hydrogen (secondary N) is 1. The standard InChI is InChI=1S/C19H27NS/c1-20-14-13-19(10-5-2-6-11-19)12-9-16-15-21-18-8-4-3-7-17(16)18/h3-4,7-8,15,20H,2,5-6,9-14H2,1H3. The zero-order chi connectivity index (χ0) is 14.5. The molecule has 0 unspecified atom stereocenters. The maximum atomic E-state index is 3.36. The van der Waals surface area contributed by atoms with Gasteiger partial charge in [0.25, 0.3) is 0 Å². The Kier molecular flexibility index (Phi) is 4.97. The summed E-state index contributed by atoms with van der Waals surface area (Å²) >= 11 is 1.90. The molecule has 0 spiro atoms. The molecule has 1 aliphatic carbocycles. The van der Waals surface area contributed by atoms with Gasteiger partial charge in [-0.25, -0.2) is 0 Å². The van der Waals surface area contributed by atoms with E-state index in [0.29, 0.717) is 5.41 Å². The van der Waals surface area contributed by atoms with Crippen LogP contribution in [0.3, 0.4) is 0 Å². The predicted molar refractivity (Wildman–Crippen MR) is 94.2 cm³/mol. The number of thiophene rings is 1. The van der Waals surface area contributed by atoms with Crippen LogP contribution in [-0.4, -0.2) is 13.6 Å². The summed E-state index contributed by atoms with van der Waals surface area (Å²) in [6.07, 6.45) is 11.2. The summed E-state index contributed by atoms with van der Waals surface area (Å²) in [4.78, 5) is 0. The summed E-state index contributed by atoms with van der Waals surface area (Å²) in [5.74, 6) is 0. The maximum Gasteiger partial charge on any atom is 0.0345 e. The Morgan fingerprint density at radius 1 is 1.10 bits per heavy atom. The first-order valence-electron chi connectivity index (χ1n) is 8.43. The highest BCUT2D eigenvalue weighted by Gasteiger charge is 2.31. The third kappa shape index (κ3) is 3.49. The van der Waals surface area contributed by atoms with Gasteiger partial charge in [-0.1, -0.05) is 37.5 Å². The Morgan fingerprint density at radius 2 is 1.90 bits per heavy atom. The van der Waals surface area contributed by atoms with Crippen LogP contribution in [0.1, 0.15) is 50.5 Å². The molecule has 1 aromatic heterocycles. The largest absolute Gasteiger partial charge is 0.320 e. The zero-order valence-corrected chi connectivity index (χ0v) is 14.0. The second kappa shape index (κ2) is 6.93. The van der Waals surface area contributed by atoms with Crippen molar-refractivity contribution in [2.75, 3.05) is 13.6 Å². The molecule has 1 aliphatic rings. The molecule has 0 saturated heterocycles. The molecule has 0 bridgehead atoms. The molecule has 1 heterocycles. The quantitative estimate of drug-likeness (QED) is 0.754. The van der Waals surface area contributed by atoms with Crippen LogP contribution in [0.2, 0.25) is 0 Å². The van der Waals surface area contributed by atoms with Crippen LogP contribution in [0.25, 0.3) is 10.1 Å². The lowest BCUT2D eigenvalue weighted by molar-refractivity contribution is 0.158. The van der Waals surface area contributed by atoms with Crippen LogP contribution in [0.5, 0.6) is 0 Å². The van der Waals surface area contributed by atoms with Gasteiger partial charge in [-0.05, 0) is 73.5 Å². The van der Waals surface area contributed by atoms with Gasteiger partial charge in [0.2, 0.25) is 0 Å². The average Bonchev–Trinajstić information content (AvgIpc) is 2.95. The first-order valence-corrected chi connectivity index (χ1v) is 9.31. The molecule has 0 radical (unpaired) electrons. The van der Waals surface area contributed by atoms with Crippen molar-refractivity contribution < 1.29 is 0 Å².